The van der Waals surface area contributed by atoms with Gasteiger partial charge in [0.2, 0.25) is 15.0 Å². The van der Waals surface area contributed by atoms with Crippen molar-refractivity contribution in [1.29, 1.82) is 0 Å². The Morgan fingerprint density at radius 1 is 1.16 bits per heavy atom. The van der Waals surface area contributed by atoms with E-state index in [1.807, 2.05) is 76.2 Å². The largest absolute Gasteiger partial charge is 0.376 e. The van der Waals surface area contributed by atoms with Gasteiger partial charge in [-0.05, 0) is 49.8 Å². The van der Waals surface area contributed by atoms with Gasteiger partial charge in [0.05, 0.1) is 30.3 Å². The Hall–Kier alpha value is -2.97. The van der Waals surface area contributed by atoms with Gasteiger partial charge in [-0.1, -0.05) is 61.9 Å². The number of nitrogens with zero attached hydrogens (tertiary/aromatic N) is 3. The molecule has 2 aromatic carbocycles. The van der Waals surface area contributed by atoms with E-state index in [2.05, 4.69) is 4.98 Å². The number of aryl methyl sites for hydroxylation is 2. The minimum absolute atomic E-state index is 0.0287. The molecule has 1 aliphatic rings. The number of ether oxygens (including phenoxy) is 1. The zero-order valence-electron chi connectivity index (χ0n) is 22.2. The molecule has 1 aromatic heterocycles. The van der Waals surface area contributed by atoms with Crippen molar-refractivity contribution >= 4 is 15.7 Å². The first-order chi connectivity index (χ1) is 17.6. The predicted octanol–water partition coefficient (Wildman–Crippen LogP) is 4.95. The molecule has 3 aromatic rings. The molecule has 198 valence electrons. The quantitative estimate of drug-likeness (QED) is 0.376. The number of rotatable bonds is 10. The number of amides is 1. The lowest BCUT2D eigenvalue weighted by Crippen LogP contribution is -2.38. The molecule has 4 rings (SSSR count). The lowest BCUT2D eigenvalue weighted by molar-refractivity contribution is 0.0500. The smallest absolute Gasteiger partial charge is 0.254 e. The molecule has 0 aliphatic carbocycles. The van der Waals surface area contributed by atoms with Crippen molar-refractivity contribution in [3.8, 4) is 0 Å². The van der Waals surface area contributed by atoms with Gasteiger partial charge in [0, 0.05) is 25.3 Å². The van der Waals surface area contributed by atoms with Crippen LogP contribution in [0.3, 0.4) is 0 Å². The first-order valence-electron chi connectivity index (χ1n) is 12.9. The zero-order valence-corrected chi connectivity index (χ0v) is 23.0. The van der Waals surface area contributed by atoms with Crippen molar-refractivity contribution < 1.29 is 17.9 Å². The van der Waals surface area contributed by atoms with E-state index in [9.17, 15) is 13.2 Å². The molecule has 0 N–H and O–H groups in total. The minimum Gasteiger partial charge on any atom is -0.376 e. The Labute approximate surface area is 220 Å². The van der Waals surface area contributed by atoms with Crippen LogP contribution < -0.4 is 0 Å². The number of hydrogen-bond donors (Lipinski definition) is 0. The Bertz CT molecular complexity index is 1340. The van der Waals surface area contributed by atoms with E-state index in [4.69, 9.17) is 4.74 Å². The molecular formula is C29H37N3O4S. The fraction of sp³-hybridized carbons (Fsp3) is 0.448. The maximum atomic E-state index is 13.7. The van der Waals surface area contributed by atoms with E-state index < -0.39 is 9.84 Å². The summed E-state index contributed by atoms with van der Waals surface area (Å²) >= 11 is 0. The van der Waals surface area contributed by atoms with E-state index in [1.165, 1.54) is 0 Å². The number of sulfone groups is 1. The van der Waals surface area contributed by atoms with Gasteiger partial charge in [0.1, 0.15) is 0 Å². The van der Waals surface area contributed by atoms with Gasteiger partial charge in [0.25, 0.3) is 5.91 Å². The van der Waals surface area contributed by atoms with Crippen LogP contribution in [0.25, 0.3) is 0 Å². The molecule has 1 unspecified atom stereocenters. The van der Waals surface area contributed by atoms with Gasteiger partial charge < -0.3 is 14.2 Å². The van der Waals surface area contributed by atoms with Crippen molar-refractivity contribution in [2.75, 3.05) is 13.2 Å². The molecule has 1 aliphatic heterocycles. The maximum absolute atomic E-state index is 13.7. The second kappa shape index (κ2) is 11.6. The molecule has 2 heterocycles. The summed E-state index contributed by atoms with van der Waals surface area (Å²) in [5, 5.41) is 0.0538. The van der Waals surface area contributed by atoms with E-state index >= 15 is 0 Å². The number of aromatic nitrogens is 2. The fourth-order valence-electron chi connectivity index (χ4n) is 4.84. The van der Waals surface area contributed by atoms with Crippen molar-refractivity contribution in [2.45, 2.75) is 70.6 Å². The highest BCUT2D eigenvalue weighted by Gasteiger charge is 2.29. The Kier molecular flexibility index (Phi) is 8.49. The van der Waals surface area contributed by atoms with Gasteiger partial charge in [0.15, 0.2) is 0 Å². The average Bonchev–Trinajstić information content (AvgIpc) is 3.48. The number of benzene rings is 2. The number of imidazole rings is 1. The second-order valence-corrected chi connectivity index (χ2v) is 12.3. The molecule has 0 saturated carbocycles. The van der Waals surface area contributed by atoms with Gasteiger partial charge in [-0.2, -0.15) is 0 Å². The molecule has 37 heavy (non-hydrogen) atoms. The average molecular weight is 524 g/mol. The van der Waals surface area contributed by atoms with Gasteiger partial charge >= 0.3 is 0 Å². The molecule has 7 nitrogen and oxygen atoms in total. The third-order valence-electron chi connectivity index (χ3n) is 6.63. The molecule has 8 heteroatoms. The van der Waals surface area contributed by atoms with Crippen LogP contribution in [0.2, 0.25) is 0 Å². The van der Waals surface area contributed by atoms with Crippen molar-refractivity contribution in [2.24, 2.45) is 5.92 Å². The third kappa shape index (κ3) is 6.67. The summed E-state index contributed by atoms with van der Waals surface area (Å²) in [6.45, 7) is 9.86. The maximum Gasteiger partial charge on any atom is 0.254 e. The monoisotopic (exact) mass is 523 g/mol. The first kappa shape index (κ1) is 27.1. The van der Waals surface area contributed by atoms with Crippen molar-refractivity contribution in [3.05, 3.63) is 82.7 Å². The second-order valence-electron chi connectivity index (χ2n) is 10.4. The normalized spacial score (nSPS) is 15.9. The number of carbonyl (C=O) groups is 1. The molecule has 1 amide bonds. The molecule has 1 saturated heterocycles. The van der Waals surface area contributed by atoms with E-state index in [1.54, 1.807) is 15.7 Å². The van der Waals surface area contributed by atoms with E-state index in [-0.39, 0.29) is 35.4 Å². The van der Waals surface area contributed by atoms with Crippen molar-refractivity contribution in [1.82, 2.24) is 14.5 Å². The Morgan fingerprint density at radius 2 is 1.95 bits per heavy atom. The van der Waals surface area contributed by atoms with Crippen LogP contribution in [0.15, 0.2) is 59.9 Å². The number of carbonyl (C=O) groups excluding carboxylic acids is 1. The molecular weight excluding hydrogens is 486 g/mol. The molecule has 0 bridgehead atoms. The summed E-state index contributed by atoms with van der Waals surface area (Å²) < 4.78 is 34.7. The van der Waals surface area contributed by atoms with Crippen LogP contribution in [0.1, 0.15) is 59.4 Å². The SMILES string of the molecule is Cc1cccc(CS(=O)(=O)c2ncc(CN(CC3CCCO3)C(=O)c3ccccc3C)n2CC(C)C)c1. The standard InChI is InChI=1S/C29H37N3O4S/c1-21(2)17-32-25(16-30-29(32)37(34,35)20-24-11-7-9-22(3)15-24)18-31(19-26-12-8-14-36-26)28(33)27-13-6-5-10-23(27)4/h5-7,9-11,13,15-16,21,26H,8,12,14,17-20H2,1-4H3. The summed E-state index contributed by atoms with van der Waals surface area (Å²) in [5.74, 6) is -0.0139. The molecule has 0 radical (unpaired) electrons. The summed E-state index contributed by atoms with van der Waals surface area (Å²) in [6.07, 6.45) is 3.46. The Morgan fingerprint density at radius 3 is 2.62 bits per heavy atom. The highest BCUT2D eigenvalue weighted by molar-refractivity contribution is 7.90. The Balaban J connectivity index is 1.68. The molecule has 1 atom stereocenters. The lowest BCUT2D eigenvalue weighted by atomic mass is 10.1. The van der Waals surface area contributed by atoms with Gasteiger partial charge in [-0.15, -0.1) is 0 Å². The molecule has 1 fully saturated rings. The zero-order chi connectivity index (χ0) is 26.6. The predicted molar refractivity (Wildman–Crippen MR) is 144 cm³/mol. The van der Waals surface area contributed by atoms with E-state index in [0.717, 1.165) is 29.5 Å². The van der Waals surface area contributed by atoms with Crippen LogP contribution in [-0.4, -0.2) is 48.0 Å². The number of hydrogen-bond acceptors (Lipinski definition) is 5. The molecule has 0 spiro atoms. The summed E-state index contributed by atoms with van der Waals surface area (Å²) in [7, 11) is -3.70. The lowest BCUT2D eigenvalue weighted by Gasteiger charge is -2.27. The fourth-order valence-corrected chi connectivity index (χ4v) is 6.33. The highest BCUT2D eigenvalue weighted by Crippen LogP contribution is 2.23. The van der Waals surface area contributed by atoms with E-state index in [0.29, 0.717) is 31.0 Å². The summed E-state index contributed by atoms with van der Waals surface area (Å²) in [5.41, 5.74) is 4.00. The van der Waals surface area contributed by atoms with Crippen LogP contribution >= 0.6 is 0 Å². The van der Waals surface area contributed by atoms with Crippen LogP contribution in [0.4, 0.5) is 0 Å². The summed E-state index contributed by atoms with van der Waals surface area (Å²) in [4.78, 5) is 19.9. The van der Waals surface area contributed by atoms with Crippen LogP contribution in [0, 0.1) is 19.8 Å². The first-order valence-corrected chi connectivity index (χ1v) is 14.6. The topological polar surface area (TPSA) is 81.5 Å². The third-order valence-corrected chi connectivity index (χ3v) is 8.23. The van der Waals surface area contributed by atoms with Gasteiger partial charge in [-0.25, -0.2) is 13.4 Å². The minimum atomic E-state index is -3.70. The van der Waals surface area contributed by atoms with Gasteiger partial charge in [-0.3, -0.25) is 4.79 Å². The van der Waals surface area contributed by atoms with Crippen molar-refractivity contribution in [3.63, 3.8) is 0 Å². The van der Waals surface area contributed by atoms with Crippen LogP contribution in [-0.2, 0) is 33.4 Å². The summed E-state index contributed by atoms with van der Waals surface area (Å²) in [6, 6.07) is 15.1. The van der Waals surface area contributed by atoms with Crippen LogP contribution in [0.5, 0.6) is 0 Å². The highest BCUT2D eigenvalue weighted by atomic mass is 32.2.